The van der Waals surface area contributed by atoms with Gasteiger partial charge in [-0.3, -0.25) is 4.79 Å². The predicted octanol–water partition coefficient (Wildman–Crippen LogP) is 4.42. The summed E-state index contributed by atoms with van der Waals surface area (Å²) in [6, 6.07) is 11.1. The first kappa shape index (κ1) is 16.3. The summed E-state index contributed by atoms with van der Waals surface area (Å²) in [5.41, 5.74) is 1.08. The maximum Gasteiger partial charge on any atom is 0.338 e. The molecule has 0 heterocycles. The van der Waals surface area contributed by atoms with Crippen molar-refractivity contribution in [2.45, 2.75) is 6.92 Å². The van der Waals surface area contributed by atoms with E-state index in [4.69, 9.17) is 27.9 Å². The van der Waals surface area contributed by atoms with Gasteiger partial charge in [-0.1, -0.05) is 29.3 Å². The van der Waals surface area contributed by atoms with Gasteiger partial charge < -0.3 is 10.1 Å². The van der Waals surface area contributed by atoms with Crippen LogP contribution >= 0.6 is 23.2 Å². The van der Waals surface area contributed by atoms with Crippen LogP contribution in [-0.2, 0) is 4.74 Å². The number of hydrogen-bond acceptors (Lipinski definition) is 3. The molecule has 0 fully saturated rings. The smallest absolute Gasteiger partial charge is 0.338 e. The van der Waals surface area contributed by atoms with Gasteiger partial charge in [-0.05, 0) is 43.3 Å². The third-order valence-electron chi connectivity index (χ3n) is 2.80. The summed E-state index contributed by atoms with van der Waals surface area (Å²) in [5, 5.41) is 3.38. The minimum Gasteiger partial charge on any atom is -0.462 e. The number of ether oxygens (including phenoxy) is 1. The molecule has 6 heteroatoms. The maximum atomic E-state index is 12.2. The van der Waals surface area contributed by atoms with Crippen LogP contribution in [0.4, 0.5) is 5.69 Å². The molecule has 114 valence electrons. The Morgan fingerprint density at radius 1 is 1.14 bits per heavy atom. The average molecular weight is 338 g/mol. The van der Waals surface area contributed by atoms with Crippen LogP contribution in [0.2, 0.25) is 10.0 Å². The molecular formula is C16H13Cl2NO3. The van der Waals surface area contributed by atoms with Crippen molar-refractivity contribution in [3.8, 4) is 0 Å². The molecule has 0 saturated heterocycles. The van der Waals surface area contributed by atoms with Crippen molar-refractivity contribution < 1.29 is 14.3 Å². The number of rotatable bonds is 4. The zero-order chi connectivity index (χ0) is 16.1. The van der Waals surface area contributed by atoms with Gasteiger partial charge in [-0.2, -0.15) is 0 Å². The lowest BCUT2D eigenvalue weighted by molar-refractivity contribution is 0.0526. The van der Waals surface area contributed by atoms with Gasteiger partial charge in [0.1, 0.15) is 0 Å². The molecule has 4 nitrogen and oxygen atoms in total. The van der Waals surface area contributed by atoms with Crippen molar-refractivity contribution in [1.82, 2.24) is 0 Å². The van der Waals surface area contributed by atoms with Crippen LogP contribution in [0.5, 0.6) is 0 Å². The number of amides is 1. The van der Waals surface area contributed by atoms with Gasteiger partial charge >= 0.3 is 5.97 Å². The number of benzene rings is 2. The highest BCUT2D eigenvalue weighted by Gasteiger charge is 2.13. The summed E-state index contributed by atoms with van der Waals surface area (Å²) >= 11 is 11.9. The monoisotopic (exact) mass is 337 g/mol. The Morgan fingerprint density at radius 2 is 1.91 bits per heavy atom. The largest absolute Gasteiger partial charge is 0.462 e. The topological polar surface area (TPSA) is 55.4 Å². The van der Waals surface area contributed by atoms with Crippen molar-refractivity contribution in [1.29, 1.82) is 0 Å². The number of nitrogens with one attached hydrogen (secondary N) is 1. The number of esters is 1. The first-order valence-electron chi connectivity index (χ1n) is 6.55. The van der Waals surface area contributed by atoms with Gasteiger partial charge in [-0.25, -0.2) is 4.79 Å². The first-order chi connectivity index (χ1) is 10.5. The molecule has 1 N–H and O–H groups in total. The van der Waals surface area contributed by atoms with E-state index in [2.05, 4.69) is 5.32 Å². The van der Waals surface area contributed by atoms with Gasteiger partial charge in [0, 0.05) is 10.7 Å². The molecule has 0 aliphatic heterocycles. The third-order valence-corrected chi connectivity index (χ3v) is 3.37. The molecular weight excluding hydrogens is 325 g/mol. The van der Waals surface area contributed by atoms with E-state index in [-0.39, 0.29) is 12.2 Å². The summed E-state index contributed by atoms with van der Waals surface area (Å²) < 4.78 is 4.92. The molecule has 0 saturated carbocycles. The van der Waals surface area contributed by atoms with Crippen molar-refractivity contribution >= 4 is 40.8 Å². The summed E-state index contributed by atoms with van der Waals surface area (Å²) in [5.74, 6) is -0.854. The Kier molecular flexibility index (Phi) is 5.41. The number of hydrogen-bond donors (Lipinski definition) is 1. The highest BCUT2D eigenvalue weighted by molar-refractivity contribution is 6.36. The fraction of sp³-hybridized carbons (Fsp3) is 0.125. The lowest BCUT2D eigenvalue weighted by Crippen LogP contribution is -2.13. The fourth-order valence-electron chi connectivity index (χ4n) is 1.81. The fourth-order valence-corrected chi connectivity index (χ4v) is 2.18. The normalized spacial score (nSPS) is 10.1. The van der Waals surface area contributed by atoms with Crippen molar-refractivity contribution in [3.05, 3.63) is 63.6 Å². The highest BCUT2D eigenvalue weighted by Crippen LogP contribution is 2.22. The Bertz CT molecular complexity index is 716. The molecule has 0 bridgehead atoms. The molecule has 0 unspecified atom stereocenters. The van der Waals surface area contributed by atoms with E-state index in [1.165, 1.54) is 12.1 Å². The summed E-state index contributed by atoms with van der Waals surface area (Å²) in [6.07, 6.45) is 0. The van der Waals surface area contributed by atoms with Crippen molar-refractivity contribution in [2.75, 3.05) is 11.9 Å². The van der Waals surface area contributed by atoms with Crippen LogP contribution in [0, 0.1) is 0 Å². The lowest BCUT2D eigenvalue weighted by Gasteiger charge is -2.08. The Hall–Kier alpha value is -2.04. The summed E-state index contributed by atoms with van der Waals surface area (Å²) in [6.45, 7) is 2.01. The van der Waals surface area contributed by atoms with E-state index in [1.54, 1.807) is 37.3 Å². The van der Waals surface area contributed by atoms with Crippen LogP contribution in [0.15, 0.2) is 42.5 Å². The minimum atomic E-state index is -0.445. The second-order valence-electron chi connectivity index (χ2n) is 4.38. The van der Waals surface area contributed by atoms with E-state index >= 15 is 0 Å². The van der Waals surface area contributed by atoms with E-state index < -0.39 is 11.9 Å². The Morgan fingerprint density at radius 3 is 2.64 bits per heavy atom. The zero-order valence-corrected chi connectivity index (χ0v) is 13.2. The molecule has 22 heavy (non-hydrogen) atoms. The minimum absolute atomic E-state index is 0.260. The van der Waals surface area contributed by atoms with Crippen LogP contribution in [0.1, 0.15) is 27.6 Å². The van der Waals surface area contributed by atoms with E-state index in [9.17, 15) is 9.59 Å². The van der Waals surface area contributed by atoms with Crippen LogP contribution in [-0.4, -0.2) is 18.5 Å². The highest BCUT2D eigenvalue weighted by atomic mass is 35.5. The molecule has 2 aromatic carbocycles. The number of halogens is 2. The van der Waals surface area contributed by atoms with E-state index in [1.807, 2.05) is 0 Å². The van der Waals surface area contributed by atoms with Crippen LogP contribution in [0.25, 0.3) is 0 Å². The molecule has 0 aliphatic carbocycles. The first-order valence-corrected chi connectivity index (χ1v) is 7.30. The number of carbonyl (C=O) groups is 2. The molecule has 1 amide bonds. The van der Waals surface area contributed by atoms with Crippen molar-refractivity contribution in [2.24, 2.45) is 0 Å². The summed E-state index contributed by atoms with van der Waals surface area (Å²) in [7, 11) is 0. The lowest BCUT2D eigenvalue weighted by atomic mass is 10.1. The van der Waals surface area contributed by atoms with Gasteiger partial charge in [0.2, 0.25) is 0 Å². The molecule has 0 atom stereocenters. The van der Waals surface area contributed by atoms with Gasteiger partial charge in [0.15, 0.2) is 0 Å². The predicted molar refractivity (Wildman–Crippen MR) is 86.8 cm³/mol. The van der Waals surface area contributed by atoms with Gasteiger partial charge in [0.25, 0.3) is 5.91 Å². The van der Waals surface area contributed by atoms with Gasteiger partial charge in [-0.15, -0.1) is 0 Å². The second-order valence-corrected chi connectivity index (χ2v) is 5.22. The zero-order valence-electron chi connectivity index (χ0n) is 11.7. The Labute approximate surface area is 138 Å². The summed E-state index contributed by atoms with van der Waals surface area (Å²) in [4.78, 5) is 23.9. The van der Waals surface area contributed by atoms with Crippen LogP contribution < -0.4 is 5.32 Å². The Balaban J connectivity index is 2.20. The molecule has 0 spiro atoms. The quantitative estimate of drug-likeness (QED) is 0.840. The van der Waals surface area contributed by atoms with Gasteiger partial charge in [0.05, 0.1) is 22.8 Å². The number of anilines is 1. The maximum absolute atomic E-state index is 12.2. The molecule has 0 radical (unpaired) electrons. The van der Waals surface area contributed by atoms with Crippen molar-refractivity contribution in [3.63, 3.8) is 0 Å². The van der Waals surface area contributed by atoms with E-state index in [0.29, 0.717) is 21.3 Å². The third kappa shape index (κ3) is 4.00. The van der Waals surface area contributed by atoms with Crippen LogP contribution in [0.3, 0.4) is 0 Å². The average Bonchev–Trinajstić information content (AvgIpc) is 2.50. The standard InChI is InChI=1S/C16H13Cl2NO3/c1-2-22-16(21)10-4-3-5-12(8-10)19-15(20)13-9-11(17)6-7-14(13)18/h3-9H,2H2,1H3,(H,19,20). The second kappa shape index (κ2) is 7.29. The molecule has 2 rings (SSSR count). The SMILES string of the molecule is CCOC(=O)c1cccc(NC(=O)c2cc(Cl)ccc2Cl)c1. The number of carbonyl (C=O) groups excluding carboxylic acids is 2. The molecule has 0 aliphatic rings. The van der Waals surface area contributed by atoms with E-state index in [0.717, 1.165) is 0 Å². The molecule has 2 aromatic rings. The molecule has 0 aromatic heterocycles.